The molecule has 0 bridgehead atoms. The number of hydrogen-bond donors (Lipinski definition) is 2. The number of thiazole rings is 1. The van der Waals surface area contributed by atoms with E-state index in [9.17, 15) is 9.59 Å². The predicted molar refractivity (Wildman–Crippen MR) is 124 cm³/mol. The lowest BCUT2D eigenvalue weighted by atomic mass is 10.0. The lowest BCUT2D eigenvalue weighted by Crippen LogP contribution is -2.16. The topological polar surface area (TPSA) is 103 Å². The van der Waals surface area contributed by atoms with Gasteiger partial charge in [-0.15, -0.1) is 11.3 Å². The molecular weight excluding hydrogens is 422 g/mol. The van der Waals surface area contributed by atoms with Gasteiger partial charge in [-0.1, -0.05) is 30.3 Å². The molecule has 2 aromatic carbocycles. The number of aryl methyl sites for hydroxylation is 3. The maximum atomic E-state index is 12.9. The van der Waals surface area contributed by atoms with Gasteiger partial charge >= 0.3 is 0 Å². The van der Waals surface area contributed by atoms with Crippen molar-refractivity contribution in [3.05, 3.63) is 82.0 Å². The molecule has 32 heavy (non-hydrogen) atoms. The Hall–Kier alpha value is -3.78. The van der Waals surface area contributed by atoms with E-state index < -0.39 is 11.8 Å². The molecule has 0 aliphatic heterocycles. The summed E-state index contributed by atoms with van der Waals surface area (Å²) in [5.41, 5.74) is 11.1. The molecule has 5 rings (SSSR count). The van der Waals surface area contributed by atoms with Gasteiger partial charge in [0.1, 0.15) is 5.69 Å². The summed E-state index contributed by atoms with van der Waals surface area (Å²) in [5.74, 6) is -1.11. The number of rotatable bonds is 5. The number of anilines is 1. The quantitative estimate of drug-likeness (QED) is 0.484. The number of primary amides is 1. The number of fused-ring (bicyclic) bond motifs is 1. The molecule has 1 aliphatic rings. The average Bonchev–Trinajstić information content (AvgIpc) is 3.52. The summed E-state index contributed by atoms with van der Waals surface area (Å²) in [6.45, 7) is 1.99. The summed E-state index contributed by atoms with van der Waals surface area (Å²) >= 11 is 1.41. The molecule has 160 valence electrons. The SMILES string of the molecule is Cc1sc(NC(=O)c2cc(C(N)=O)n(-c3ccccc3)n2)nc1-c1ccc2c(c1)CCC2. The second kappa shape index (κ2) is 8.05. The smallest absolute Gasteiger partial charge is 0.277 e. The number of carbonyl (C=O) groups excluding carboxylic acids is 2. The number of nitrogens with one attached hydrogen (secondary N) is 1. The fraction of sp³-hybridized carbons (Fsp3) is 0.167. The van der Waals surface area contributed by atoms with Crippen molar-refractivity contribution in [2.75, 3.05) is 5.32 Å². The highest BCUT2D eigenvalue weighted by Crippen LogP contribution is 2.33. The molecule has 0 atom stereocenters. The predicted octanol–water partition coefficient (Wildman–Crippen LogP) is 4.14. The van der Waals surface area contributed by atoms with Gasteiger partial charge in [-0.2, -0.15) is 5.10 Å². The second-order valence-corrected chi connectivity index (χ2v) is 8.94. The van der Waals surface area contributed by atoms with E-state index in [0.29, 0.717) is 10.8 Å². The minimum absolute atomic E-state index is 0.0922. The van der Waals surface area contributed by atoms with Gasteiger partial charge in [-0.05, 0) is 55.5 Å². The van der Waals surface area contributed by atoms with Crippen molar-refractivity contribution < 1.29 is 9.59 Å². The summed E-state index contributed by atoms with van der Waals surface area (Å²) in [4.78, 5) is 30.4. The van der Waals surface area contributed by atoms with Crippen LogP contribution in [0.1, 0.15) is 43.4 Å². The maximum absolute atomic E-state index is 12.9. The van der Waals surface area contributed by atoms with Gasteiger partial charge < -0.3 is 5.73 Å². The Morgan fingerprint density at radius 3 is 2.62 bits per heavy atom. The molecule has 0 radical (unpaired) electrons. The summed E-state index contributed by atoms with van der Waals surface area (Å²) < 4.78 is 1.38. The minimum atomic E-state index is -0.663. The molecule has 2 aromatic heterocycles. The van der Waals surface area contributed by atoms with Crippen LogP contribution in [0.25, 0.3) is 16.9 Å². The summed E-state index contributed by atoms with van der Waals surface area (Å²) in [6.07, 6.45) is 3.43. The van der Waals surface area contributed by atoms with Gasteiger partial charge in [0.25, 0.3) is 11.8 Å². The molecule has 0 saturated heterocycles. The highest BCUT2D eigenvalue weighted by atomic mass is 32.1. The van der Waals surface area contributed by atoms with E-state index in [2.05, 4.69) is 33.6 Å². The van der Waals surface area contributed by atoms with Crippen molar-refractivity contribution in [1.29, 1.82) is 0 Å². The van der Waals surface area contributed by atoms with Crippen molar-refractivity contribution in [2.45, 2.75) is 26.2 Å². The third-order valence-corrected chi connectivity index (χ3v) is 6.47. The van der Waals surface area contributed by atoms with Crippen molar-refractivity contribution in [2.24, 2.45) is 5.73 Å². The van der Waals surface area contributed by atoms with E-state index in [0.717, 1.165) is 29.0 Å². The van der Waals surface area contributed by atoms with E-state index in [1.54, 1.807) is 12.1 Å². The van der Waals surface area contributed by atoms with Crippen LogP contribution in [0.5, 0.6) is 0 Å². The second-order valence-electron chi connectivity index (χ2n) is 7.74. The number of nitrogens with two attached hydrogens (primary N) is 1. The number of amides is 2. The Balaban J connectivity index is 1.41. The van der Waals surface area contributed by atoms with Crippen molar-refractivity contribution >= 4 is 28.3 Å². The van der Waals surface area contributed by atoms with Crippen LogP contribution < -0.4 is 11.1 Å². The van der Waals surface area contributed by atoms with Gasteiger partial charge in [0.15, 0.2) is 10.8 Å². The molecule has 8 heteroatoms. The first kappa shape index (κ1) is 20.1. The highest BCUT2D eigenvalue weighted by Gasteiger charge is 2.21. The Morgan fingerprint density at radius 2 is 1.84 bits per heavy atom. The van der Waals surface area contributed by atoms with Gasteiger partial charge in [0.05, 0.1) is 11.4 Å². The van der Waals surface area contributed by atoms with Gasteiger partial charge in [0, 0.05) is 16.5 Å². The van der Waals surface area contributed by atoms with Crippen LogP contribution in [0.15, 0.2) is 54.6 Å². The third-order valence-electron chi connectivity index (χ3n) is 5.58. The van der Waals surface area contributed by atoms with Crippen molar-refractivity contribution in [3.63, 3.8) is 0 Å². The van der Waals surface area contributed by atoms with E-state index >= 15 is 0 Å². The molecule has 2 amide bonds. The lowest BCUT2D eigenvalue weighted by molar-refractivity contribution is 0.0991. The maximum Gasteiger partial charge on any atom is 0.277 e. The molecule has 1 aliphatic carbocycles. The first-order valence-electron chi connectivity index (χ1n) is 10.4. The molecule has 0 fully saturated rings. The number of benzene rings is 2. The standard InChI is InChI=1S/C24H21N5O2S/c1-14-21(17-11-10-15-6-5-7-16(15)12-17)26-24(32-14)27-23(31)19-13-20(22(25)30)29(28-19)18-8-3-2-4-9-18/h2-4,8-13H,5-7H2,1H3,(H2,25,30)(H,26,27,31). The van der Waals surface area contributed by atoms with Gasteiger partial charge in [0.2, 0.25) is 0 Å². The van der Waals surface area contributed by atoms with E-state index in [1.807, 2.05) is 25.1 Å². The highest BCUT2D eigenvalue weighted by molar-refractivity contribution is 7.16. The van der Waals surface area contributed by atoms with Crippen molar-refractivity contribution in [1.82, 2.24) is 14.8 Å². The Kier molecular flexibility index (Phi) is 5.07. The van der Waals surface area contributed by atoms with Crippen LogP contribution in [0.3, 0.4) is 0 Å². The fourth-order valence-corrected chi connectivity index (χ4v) is 4.86. The molecule has 4 aromatic rings. The monoisotopic (exact) mass is 443 g/mol. The average molecular weight is 444 g/mol. The molecule has 0 unspecified atom stereocenters. The zero-order valence-corrected chi connectivity index (χ0v) is 18.3. The normalized spacial score (nSPS) is 12.5. The van der Waals surface area contributed by atoms with Crippen LogP contribution >= 0.6 is 11.3 Å². The van der Waals surface area contributed by atoms with Gasteiger partial charge in [-0.25, -0.2) is 9.67 Å². The molecular formula is C24H21N5O2S. The first-order chi connectivity index (χ1) is 15.5. The molecule has 0 spiro atoms. The van der Waals surface area contributed by atoms with Gasteiger partial charge in [-0.3, -0.25) is 14.9 Å². The Bertz CT molecular complexity index is 1340. The lowest BCUT2D eigenvalue weighted by Gasteiger charge is -2.04. The third kappa shape index (κ3) is 3.69. The Labute approximate surface area is 188 Å². The summed E-state index contributed by atoms with van der Waals surface area (Å²) in [7, 11) is 0. The number of aromatic nitrogens is 3. The zero-order chi connectivity index (χ0) is 22.2. The first-order valence-corrected chi connectivity index (χ1v) is 11.2. The van der Waals surface area contributed by atoms with E-state index in [-0.39, 0.29) is 11.4 Å². The van der Waals surface area contributed by atoms with E-state index in [1.165, 1.54) is 39.6 Å². The van der Waals surface area contributed by atoms with Crippen LogP contribution in [-0.2, 0) is 12.8 Å². The molecule has 7 nitrogen and oxygen atoms in total. The summed E-state index contributed by atoms with van der Waals surface area (Å²) in [5, 5.41) is 7.60. The molecule has 3 N–H and O–H groups in total. The zero-order valence-electron chi connectivity index (χ0n) is 17.5. The number of hydrogen-bond acceptors (Lipinski definition) is 5. The number of carbonyl (C=O) groups is 2. The van der Waals surface area contributed by atoms with Crippen LogP contribution in [0.4, 0.5) is 5.13 Å². The largest absolute Gasteiger partial charge is 0.364 e. The van der Waals surface area contributed by atoms with Crippen LogP contribution in [0.2, 0.25) is 0 Å². The van der Waals surface area contributed by atoms with Crippen LogP contribution in [0, 0.1) is 6.92 Å². The van der Waals surface area contributed by atoms with Crippen molar-refractivity contribution in [3.8, 4) is 16.9 Å². The Morgan fingerprint density at radius 1 is 1.06 bits per heavy atom. The minimum Gasteiger partial charge on any atom is -0.364 e. The fourth-order valence-electron chi connectivity index (χ4n) is 4.03. The van der Waals surface area contributed by atoms with Crippen LogP contribution in [-0.4, -0.2) is 26.6 Å². The molecule has 2 heterocycles. The number of para-hydroxylation sites is 1. The number of nitrogens with zero attached hydrogens (tertiary/aromatic N) is 3. The summed E-state index contributed by atoms with van der Waals surface area (Å²) in [6, 6.07) is 16.9. The molecule has 0 saturated carbocycles. The van der Waals surface area contributed by atoms with E-state index in [4.69, 9.17) is 5.73 Å².